The van der Waals surface area contributed by atoms with Crippen molar-refractivity contribution in [2.45, 2.75) is 31.1 Å². The van der Waals surface area contributed by atoms with Crippen LogP contribution in [-0.4, -0.2) is 26.0 Å². The van der Waals surface area contributed by atoms with Crippen LogP contribution in [0.2, 0.25) is 0 Å². The third-order valence-electron chi connectivity index (χ3n) is 5.27. The summed E-state index contributed by atoms with van der Waals surface area (Å²) in [5.74, 6) is 1.50. The number of nitrogens with zero attached hydrogens (tertiary/aromatic N) is 3. The van der Waals surface area contributed by atoms with Gasteiger partial charge in [-0.3, -0.25) is 0 Å². The number of aromatic nitrogens is 3. The van der Waals surface area contributed by atoms with Crippen molar-refractivity contribution in [3.05, 3.63) is 66.2 Å². The van der Waals surface area contributed by atoms with Gasteiger partial charge in [0, 0.05) is 17.0 Å². The molecule has 3 aromatic carbocycles. The van der Waals surface area contributed by atoms with Crippen LogP contribution in [0.3, 0.4) is 0 Å². The molecule has 7 heteroatoms. The van der Waals surface area contributed by atoms with Crippen molar-refractivity contribution in [2.24, 2.45) is 0 Å². The van der Waals surface area contributed by atoms with Crippen molar-refractivity contribution in [1.29, 1.82) is 0 Å². The Morgan fingerprint density at radius 2 is 1.87 bits per heavy atom. The van der Waals surface area contributed by atoms with E-state index in [-0.39, 0.29) is 5.75 Å². The first kappa shape index (κ1) is 19.6. The SMILES string of the molecule is CCCCSc1nnc2c(n1)O[C@H](c1c(O)ccc3ccccc13)Nc1ccccc1-2. The first-order chi connectivity index (χ1) is 15.2. The molecule has 5 rings (SSSR count). The highest BCUT2D eigenvalue weighted by molar-refractivity contribution is 7.99. The number of rotatable bonds is 5. The van der Waals surface area contributed by atoms with E-state index in [0.29, 0.717) is 22.3 Å². The number of nitrogens with one attached hydrogen (secondary N) is 1. The van der Waals surface area contributed by atoms with Gasteiger partial charge < -0.3 is 15.2 Å². The van der Waals surface area contributed by atoms with Gasteiger partial charge in [0.1, 0.15) is 5.75 Å². The zero-order chi connectivity index (χ0) is 21.2. The second-order valence-electron chi connectivity index (χ2n) is 7.36. The van der Waals surface area contributed by atoms with Crippen molar-refractivity contribution in [1.82, 2.24) is 15.2 Å². The van der Waals surface area contributed by atoms with Gasteiger partial charge in [-0.2, -0.15) is 4.98 Å². The molecular formula is C24H22N4O2S. The molecule has 0 aliphatic carbocycles. The summed E-state index contributed by atoms with van der Waals surface area (Å²) >= 11 is 1.57. The van der Waals surface area contributed by atoms with Gasteiger partial charge in [-0.1, -0.05) is 73.6 Å². The predicted octanol–water partition coefficient (Wildman–Crippen LogP) is 5.79. The monoisotopic (exact) mass is 430 g/mol. The Kier molecular flexibility index (Phi) is 5.34. The smallest absolute Gasteiger partial charge is 0.247 e. The average molecular weight is 431 g/mol. The molecule has 0 bridgehead atoms. The second-order valence-corrected chi connectivity index (χ2v) is 8.42. The van der Waals surface area contributed by atoms with E-state index in [1.54, 1.807) is 17.8 Å². The molecule has 0 fully saturated rings. The molecule has 0 spiro atoms. The van der Waals surface area contributed by atoms with E-state index in [0.717, 1.165) is 40.6 Å². The molecule has 0 saturated carbocycles. The summed E-state index contributed by atoms with van der Waals surface area (Å²) in [5.41, 5.74) is 2.97. The molecule has 0 amide bonds. The fraction of sp³-hybridized carbons (Fsp3) is 0.208. The molecule has 1 aromatic heterocycles. The highest BCUT2D eigenvalue weighted by Crippen LogP contribution is 2.42. The molecule has 0 saturated heterocycles. The van der Waals surface area contributed by atoms with Crippen LogP contribution in [0.5, 0.6) is 11.6 Å². The number of para-hydroxylation sites is 1. The number of ether oxygens (including phenoxy) is 1. The topological polar surface area (TPSA) is 80.2 Å². The van der Waals surface area contributed by atoms with Crippen LogP contribution in [0.15, 0.2) is 65.8 Å². The first-order valence-electron chi connectivity index (χ1n) is 10.4. The zero-order valence-corrected chi connectivity index (χ0v) is 17.9. The number of benzene rings is 3. The van der Waals surface area contributed by atoms with Gasteiger partial charge in [-0.15, -0.1) is 10.2 Å². The maximum atomic E-state index is 10.8. The van der Waals surface area contributed by atoms with E-state index < -0.39 is 6.23 Å². The first-order valence-corrected chi connectivity index (χ1v) is 11.3. The maximum Gasteiger partial charge on any atom is 0.247 e. The van der Waals surface area contributed by atoms with Crippen LogP contribution in [0, 0.1) is 0 Å². The number of anilines is 1. The van der Waals surface area contributed by atoms with Crippen LogP contribution in [0.25, 0.3) is 22.0 Å². The normalized spacial score (nSPS) is 14.8. The Balaban J connectivity index is 1.63. The number of hydrogen-bond acceptors (Lipinski definition) is 7. The summed E-state index contributed by atoms with van der Waals surface area (Å²) in [6.45, 7) is 2.16. The molecule has 1 aliphatic heterocycles. The van der Waals surface area contributed by atoms with Crippen molar-refractivity contribution in [2.75, 3.05) is 11.1 Å². The minimum absolute atomic E-state index is 0.164. The Morgan fingerprint density at radius 3 is 2.77 bits per heavy atom. The molecule has 0 radical (unpaired) electrons. The molecule has 156 valence electrons. The van der Waals surface area contributed by atoms with Crippen LogP contribution in [0.1, 0.15) is 31.6 Å². The van der Waals surface area contributed by atoms with Gasteiger partial charge in [0.05, 0.1) is 5.56 Å². The lowest BCUT2D eigenvalue weighted by Crippen LogP contribution is -2.17. The third-order valence-corrected chi connectivity index (χ3v) is 6.20. The number of fused-ring (bicyclic) bond motifs is 4. The fourth-order valence-corrected chi connectivity index (χ4v) is 4.57. The number of phenols is 1. The summed E-state index contributed by atoms with van der Waals surface area (Å²) in [6, 6.07) is 19.4. The summed E-state index contributed by atoms with van der Waals surface area (Å²) < 4.78 is 6.36. The average Bonchev–Trinajstić information content (AvgIpc) is 2.95. The lowest BCUT2D eigenvalue weighted by Gasteiger charge is -2.22. The molecule has 2 N–H and O–H groups in total. The van der Waals surface area contributed by atoms with Crippen LogP contribution >= 0.6 is 11.8 Å². The highest BCUT2D eigenvalue weighted by atomic mass is 32.2. The largest absolute Gasteiger partial charge is 0.507 e. The minimum Gasteiger partial charge on any atom is -0.507 e. The van der Waals surface area contributed by atoms with Crippen LogP contribution in [-0.2, 0) is 0 Å². The van der Waals surface area contributed by atoms with E-state index >= 15 is 0 Å². The number of phenolic OH excluding ortho intramolecular Hbond substituents is 1. The van der Waals surface area contributed by atoms with Crippen molar-refractivity contribution < 1.29 is 9.84 Å². The molecule has 1 atom stereocenters. The predicted molar refractivity (Wildman–Crippen MR) is 123 cm³/mol. The number of aromatic hydroxyl groups is 1. The molecule has 1 aliphatic rings. The number of thioether (sulfide) groups is 1. The van der Waals surface area contributed by atoms with Gasteiger partial charge in [0.25, 0.3) is 0 Å². The quantitative estimate of drug-likeness (QED) is 0.306. The van der Waals surface area contributed by atoms with E-state index in [1.807, 2.05) is 54.6 Å². The summed E-state index contributed by atoms with van der Waals surface area (Å²) in [5, 5.41) is 25.5. The standard InChI is InChI=1S/C24H22N4O2S/c1-2-3-14-31-24-26-23-21(27-28-24)17-10-6-7-11-18(17)25-22(30-23)20-16-9-5-4-8-15(16)12-13-19(20)29/h4-13,22,25,29H,2-3,14H2,1H3/t22-/m1/s1. The second kappa shape index (κ2) is 8.43. The van der Waals surface area contributed by atoms with Gasteiger partial charge in [-0.25, -0.2) is 0 Å². The molecule has 4 aromatic rings. The van der Waals surface area contributed by atoms with E-state index in [9.17, 15) is 5.11 Å². The molecule has 0 unspecified atom stereocenters. The van der Waals surface area contributed by atoms with Crippen molar-refractivity contribution >= 4 is 28.2 Å². The molecular weight excluding hydrogens is 408 g/mol. The Hall–Kier alpha value is -3.32. The Bertz CT molecular complexity index is 1250. The lowest BCUT2D eigenvalue weighted by atomic mass is 10.0. The molecule has 2 heterocycles. The lowest BCUT2D eigenvalue weighted by molar-refractivity contribution is 0.222. The van der Waals surface area contributed by atoms with E-state index in [2.05, 4.69) is 27.4 Å². The van der Waals surface area contributed by atoms with E-state index in [1.165, 1.54) is 0 Å². The van der Waals surface area contributed by atoms with Crippen molar-refractivity contribution in [3.8, 4) is 22.9 Å². The minimum atomic E-state index is -0.640. The highest BCUT2D eigenvalue weighted by Gasteiger charge is 2.28. The fourth-order valence-electron chi connectivity index (χ4n) is 3.71. The maximum absolute atomic E-state index is 10.8. The molecule has 31 heavy (non-hydrogen) atoms. The summed E-state index contributed by atoms with van der Waals surface area (Å²) in [7, 11) is 0. The third kappa shape index (κ3) is 3.77. The van der Waals surface area contributed by atoms with Crippen molar-refractivity contribution in [3.63, 3.8) is 0 Å². The van der Waals surface area contributed by atoms with E-state index in [4.69, 9.17) is 4.74 Å². The van der Waals surface area contributed by atoms with Gasteiger partial charge in [-0.05, 0) is 29.3 Å². The number of unbranched alkanes of at least 4 members (excludes halogenated alkanes) is 1. The van der Waals surface area contributed by atoms with Gasteiger partial charge in [0.2, 0.25) is 17.3 Å². The number of hydrogen-bond donors (Lipinski definition) is 2. The molecule has 6 nitrogen and oxygen atoms in total. The van der Waals surface area contributed by atoms with Gasteiger partial charge >= 0.3 is 0 Å². The Labute approximate surface area is 184 Å². The zero-order valence-electron chi connectivity index (χ0n) is 17.1. The Morgan fingerprint density at radius 1 is 1.03 bits per heavy atom. The summed E-state index contributed by atoms with van der Waals surface area (Å²) in [4.78, 5) is 4.67. The van der Waals surface area contributed by atoms with Gasteiger partial charge in [0.15, 0.2) is 5.69 Å². The summed E-state index contributed by atoms with van der Waals surface area (Å²) in [6.07, 6.45) is 1.56. The van der Waals surface area contributed by atoms with Crippen LogP contribution in [0.4, 0.5) is 5.69 Å². The van der Waals surface area contributed by atoms with Crippen LogP contribution < -0.4 is 10.1 Å².